The molecule has 1 aliphatic rings. The predicted molar refractivity (Wildman–Crippen MR) is 116 cm³/mol. The van der Waals surface area contributed by atoms with Crippen molar-refractivity contribution in [2.24, 2.45) is 16.9 Å². The van der Waals surface area contributed by atoms with Crippen LogP contribution in [0.5, 0.6) is 0 Å². The third kappa shape index (κ3) is 7.93. The van der Waals surface area contributed by atoms with E-state index in [1.807, 2.05) is 0 Å². The molecule has 0 radical (unpaired) electrons. The van der Waals surface area contributed by atoms with Gasteiger partial charge in [0.15, 0.2) is 0 Å². The maximum atomic E-state index is 4.90. The van der Waals surface area contributed by atoms with Gasteiger partial charge in [-0.15, -0.1) is 0 Å². The van der Waals surface area contributed by atoms with Crippen molar-refractivity contribution < 1.29 is 0 Å². The Morgan fingerprint density at radius 2 is 1.58 bits per heavy atom. The van der Waals surface area contributed by atoms with Crippen LogP contribution in [0, 0.1) is 11.8 Å². The van der Waals surface area contributed by atoms with Gasteiger partial charge in [0.25, 0.3) is 0 Å². The Hall–Kier alpha value is -1.31. The summed E-state index contributed by atoms with van der Waals surface area (Å²) in [6, 6.07) is 10.7. The fourth-order valence-corrected chi connectivity index (χ4v) is 3.99. The van der Waals surface area contributed by atoms with Gasteiger partial charge in [0, 0.05) is 12.8 Å². The Morgan fingerprint density at radius 1 is 0.923 bits per heavy atom. The molecule has 2 rings (SSSR count). The van der Waals surface area contributed by atoms with Crippen molar-refractivity contribution in [1.82, 2.24) is 0 Å². The molecule has 0 heterocycles. The minimum Gasteiger partial charge on any atom is -0.266 e. The largest absolute Gasteiger partial charge is 0.266 e. The second kappa shape index (κ2) is 12.9. The second-order valence-electron chi connectivity index (χ2n) is 8.12. The maximum Gasteiger partial charge on any atom is 0.0593 e. The molecule has 1 aromatic rings. The highest BCUT2D eigenvalue weighted by Gasteiger charge is 2.21. The average Bonchev–Trinajstić information content (AvgIpc) is 3.08. The van der Waals surface area contributed by atoms with Crippen molar-refractivity contribution in [2.45, 2.75) is 90.9 Å². The number of hydrogen-bond donors (Lipinski definition) is 0. The molecule has 2 heteroatoms. The van der Waals surface area contributed by atoms with Crippen LogP contribution in [0.3, 0.4) is 0 Å². The first-order valence-corrected chi connectivity index (χ1v) is 11.2. The van der Waals surface area contributed by atoms with Gasteiger partial charge < -0.3 is 0 Å². The monoisotopic (exact) mass is 356 g/mol. The quantitative estimate of drug-likeness (QED) is 0.204. The lowest BCUT2D eigenvalue weighted by Crippen LogP contribution is -2.19. The van der Waals surface area contributed by atoms with E-state index < -0.39 is 0 Å². The van der Waals surface area contributed by atoms with E-state index in [2.05, 4.69) is 55.4 Å². The normalized spacial score (nSPS) is 20.1. The molecule has 0 saturated heterocycles. The summed E-state index contributed by atoms with van der Waals surface area (Å²) in [5.41, 5.74) is 1.23. The molecule has 0 bridgehead atoms. The molecule has 0 N–H and O–H groups in total. The van der Waals surface area contributed by atoms with Gasteiger partial charge >= 0.3 is 0 Å². The van der Waals surface area contributed by atoms with Gasteiger partial charge in [0.1, 0.15) is 0 Å². The van der Waals surface area contributed by atoms with E-state index in [1.54, 1.807) is 0 Å². The van der Waals surface area contributed by atoms with Gasteiger partial charge in [-0.3, -0.25) is 5.01 Å². The highest BCUT2D eigenvalue weighted by Crippen LogP contribution is 2.30. The SMILES string of the molecule is CCCCCCCCCCCN(/N=C/C1CCCC1C)c1ccccc1. The summed E-state index contributed by atoms with van der Waals surface area (Å²) < 4.78 is 0. The Balaban J connectivity index is 1.72. The van der Waals surface area contributed by atoms with Crippen LogP contribution in [-0.2, 0) is 0 Å². The number of hydrogen-bond acceptors (Lipinski definition) is 2. The van der Waals surface area contributed by atoms with Gasteiger partial charge in [0.05, 0.1) is 5.69 Å². The topological polar surface area (TPSA) is 15.6 Å². The van der Waals surface area contributed by atoms with Crippen molar-refractivity contribution in [3.05, 3.63) is 30.3 Å². The Morgan fingerprint density at radius 3 is 2.19 bits per heavy atom. The van der Waals surface area contributed by atoms with Crippen molar-refractivity contribution in [2.75, 3.05) is 11.6 Å². The maximum absolute atomic E-state index is 4.90. The molecule has 1 aliphatic carbocycles. The highest BCUT2D eigenvalue weighted by atomic mass is 15.4. The molecule has 146 valence electrons. The van der Waals surface area contributed by atoms with Gasteiger partial charge in [-0.05, 0) is 36.8 Å². The summed E-state index contributed by atoms with van der Waals surface area (Å²) in [6.45, 7) is 5.70. The Kier molecular flexibility index (Phi) is 10.5. The first-order valence-electron chi connectivity index (χ1n) is 11.2. The molecule has 0 amide bonds. The van der Waals surface area contributed by atoms with E-state index in [4.69, 9.17) is 5.10 Å². The molecule has 2 unspecified atom stereocenters. The van der Waals surface area contributed by atoms with Gasteiger partial charge in [-0.1, -0.05) is 96.3 Å². The zero-order valence-corrected chi connectivity index (χ0v) is 17.2. The zero-order valence-electron chi connectivity index (χ0n) is 17.2. The summed E-state index contributed by atoms with van der Waals surface area (Å²) in [4.78, 5) is 0. The molecule has 2 atom stereocenters. The van der Waals surface area contributed by atoms with Crippen molar-refractivity contribution in [1.29, 1.82) is 0 Å². The molecule has 1 fully saturated rings. The number of rotatable bonds is 13. The van der Waals surface area contributed by atoms with Gasteiger partial charge in [0.2, 0.25) is 0 Å². The van der Waals surface area contributed by atoms with Crippen LogP contribution >= 0.6 is 0 Å². The summed E-state index contributed by atoms with van der Waals surface area (Å²) in [6.07, 6.45) is 18.6. The lowest BCUT2D eigenvalue weighted by molar-refractivity contribution is 0.535. The first-order chi connectivity index (χ1) is 12.8. The first kappa shape index (κ1) is 21.0. The van der Waals surface area contributed by atoms with E-state index in [-0.39, 0.29) is 0 Å². The molecular formula is C24H40N2. The fourth-order valence-electron chi connectivity index (χ4n) is 3.99. The standard InChI is InChI=1S/C24H40N2/c1-3-4-5-6-7-8-9-10-14-20-26(24-18-12-11-13-19-24)25-21-23-17-15-16-22(23)2/h11-13,18-19,21-23H,3-10,14-17,20H2,1-2H3/b25-21+. The van der Waals surface area contributed by atoms with Crippen molar-refractivity contribution in [3.63, 3.8) is 0 Å². The molecule has 0 aromatic heterocycles. The number of para-hydroxylation sites is 1. The van der Waals surface area contributed by atoms with E-state index >= 15 is 0 Å². The molecule has 2 nitrogen and oxygen atoms in total. The smallest absolute Gasteiger partial charge is 0.0593 e. The van der Waals surface area contributed by atoms with Crippen LogP contribution in [-0.4, -0.2) is 12.8 Å². The van der Waals surface area contributed by atoms with E-state index in [0.717, 1.165) is 12.5 Å². The zero-order chi connectivity index (χ0) is 18.5. The van der Waals surface area contributed by atoms with Gasteiger partial charge in [-0.25, -0.2) is 0 Å². The van der Waals surface area contributed by atoms with Crippen LogP contribution in [0.15, 0.2) is 35.4 Å². The number of unbranched alkanes of at least 4 members (excludes halogenated alkanes) is 8. The third-order valence-electron chi connectivity index (χ3n) is 5.85. The van der Waals surface area contributed by atoms with Crippen LogP contribution in [0.1, 0.15) is 90.9 Å². The lowest BCUT2D eigenvalue weighted by Gasteiger charge is -2.20. The molecule has 1 aromatic carbocycles. The van der Waals surface area contributed by atoms with Crippen LogP contribution in [0.25, 0.3) is 0 Å². The van der Waals surface area contributed by atoms with Crippen LogP contribution in [0.4, 0.5) is 5.69 Å². The van der Waals surface area contributed by atoms with E-state index in [0.29, 0.717) is 5.92 Å². The van der Waals surface area contributed by atoms with Crippen molar-refractivity contribution in [3.8, 4) is 0 Å². The van der Waals surface area contributed by atoms with E-state index in [9.17, 15) is 0 Å². The minimum atomic E-state index is 0.671. The second-order valence-corrected chi connectivity index (χ2v) is 8.12. The number of benzene rings is 1. The molecule has 1 saturated carbocycles. The summed E-state index contributed by atoms with van der Waals surface area (Å²) in [7, 11) is 0. The number of anilines is 1. The third-order valence-corrected chi connectivity index (χ3v) is 5.85. The summed E-state index contributed by atoms with van der Waals surface area (Å²) in [5.74, 6) is 1.47. The highest BCUT2D eigenvalue weighted by molar-refractivity contribution is 5.64. The number of nitrogens with zero attached hydrogens (tertiary/aromatic N) is 2. The Bertz CT molecular complexity index is 482. The molecule has 0 spiro atoms. The molecule has 0 aliphatic heterocycles. The molecular weight excluding hydrogens is 316 g/mol. The minimum absolute atomic E-state index is 0.671. The predicted octanol–water partition coefficient (Wildman–Crippen LogP) is 7.45. The summed E-state index contributed by atoms with van der Waals surface area (Å²) in [5, 5.41) is 7.13. The van der Waals surface area contributed by atoms with Crippen LogP contribution in [0.2, 0.25) is 0 Å². The molecule has 26 heavy (non-hydrogen) atoms. The number of hydrazone groups is 1. The van der Waals surface area contributed by atoms with Crippen LogP contribution < -0.4 is 5.01 Å². The van der Waals surface area contributed by atoms with E-state index in [1.165, 1.54) is 82.7 Å². The lowest BCUT2D eigenvalue weighted by atomic mass is 10.00. The summed E-state index contributed by atoms with van der Waals surface area (Å²) >= 11 is 0. The fraction of sp³-hybridized carbons (Fsp3) is 0.708. The van der Waals surface area contributed by atoms with Crippen molar-refractivity contribution >= 4 is 11.9 Å². The average molecular weight is 357 g/mol. The Labute approximate surface area is 162 Å². The van der Waals surface area contributed by atoms with Gasteiger partial charge in [-0.2, -0.15) is 5.10 Å².